The fraction of sp³-hybridized carbons (Fsp3) is 0.421. The summed E-state index contributed by atoms with van der Waals surface area (Å²) in [7, 11) is 0. The van der Waals surface area contributed by atoms with Crippen molar-refractivity contribution in [1.82, 2.24) is 24.4 Å². The summed E-state index contributed by atoms with van der Waals surface area (Å²) < 4.78 is 35.1. The highest BCUT2D eigenvalue weighted by Gasteiger charge is 2.24. The zero-order valence-electron chi connectivity index (χ0n) is 16.6. The fourth-order valence-corrected chi connectivity index (χ4v) is 3.40. The molecule has 1 N–H and O–H groups in total. The summed E-state index contributed by atoms with van der Waals surface area (Å²) in [6.45, 7) is 2.69. The number of fused-ring (bicyclic) bond motifs is 1. The average molecular weight is 433 g/mol. The van der Waals surface area contributed by atoms with E-state index in [-0.39, 0.29) is 24.2 Å². The van der Waals surface area contributed by atoms with Gasteiger partial charge < -0.3 is 19.7 Å². The van der Waals surface area contributed by atoms with Crippen molar-refractivity contribution in [2.24, 2.45) is 0 Å². The minimum atomic E-state index is -2.84. The van der Waals surface area contributed by atoms with Crippen molar-refractivity contribution in [3.63, 3.8) is 0 Å². The molecule has 0 saturated carbocycles. The molecular weight excluding hydrogens is 412 g/mol. The molecule has 10 nitrogen and oxygen atoms in total. The number of halogens is 2. The van der Waals surface area contributed by atoms with Crippen LogP contribution >= 0.6 is 0 Å². The Hall–Kier alpha value is -3.41. The SMILES string of the molecule is O=CCCCn1ncc(NC(=O)c2cnn3ccc(N4CCOCC4)nc23)c1C(F)F. The van der Waals surface area contributed by atoms with E-state index in [9.17, 15) is 18.4 Å². The van der Waals surface area contributed by atoms with E-state index >= 15 is 0 Å². The normalized spacial score (nSPS) is 14.4. The zero-order valence-corrected chi connectivity index (χ0v) is 16.6. The highest BCUT2D eigenvalue weighted by atomic mass is 19.3. The summed E-state index contributed by atoms with van der Waals surface area (Å²) in [6.07, 6.45) is 2.71. The minimum Gasteiger partial charge on any atom is -0.378 e. The Labute approximate surface area is 175 Å². The summed E-state index contributed by atoms with van der Waals surface area (Å²) in [6, 6.07) is 1.80. The number of carbonyl (C=O) groups excluding carboxylic acids is 2. The molecule has 3 aromatic rings. The smallest absolute Gasteiger partial charge is 0.282 e. The van der Waals surface area contributed by atoms with Crippen molar-refractivity contribution in [1.29, 1.82) is 0 Å². The van der Waals surface area contributed by atoms with E-state index in [4.69, 9.17) is 4.74 Å². The highest BCUT2D eigenvalue weighted by Crippen LogP contribution is 2.28. The second kappa shape index (κ2) is 9.16. The summed E-state index contributed by atoms with van der Waals surface area (Å²) in [5, 5.41) is 10.6. The third-order valence-electron chi connectivity index (χ3n) is 4.96. The Morgan fingerprint density at radius 2 is 2.06 bits per heavy atom. The van der Waals surface area contributed by atoms with Gasteiger partial charge in [-0.2, -0.15) is 10.2 Å². The number of aldehydes is 1. The highest BCUT2D eigenvalue weighted by molar-refractivity contribution is 6.08. The first-order valence-electron chi connectivity index (χ1n) is 9.84. The van der Waals surface area contributed by atoms with Crippen molar-refractivity contribution in [2.75, 3.05) is 36.5 Å². The predicted molar refractivity (Wildman–Crippen MR) is 106 cm³/mol. The van der Waals surface area contributed by atoms with Gasteiger partial charge >= 0.3 is 0 Å². The number of rotatable bonds is 8. The molecule has 1 amide bonds. The standard InChI is InChI=1S/C19H21F2N7O3/c20-17(21)16-14(12-23-27(16)4-1-2-8-29)24-19(30)13-11-22-28-5-3-15(25-18(13)28)26-6-9-31-10-7-26/h3,5,8,11-12,17H,1-2,4,6-7,9-10H2,(H,24,30). The number of nitrogens with one attached hydrogen (secondary N) is 1. The average Bonchev–Trinajstić information content (AvgIpc) is 3.38. The van der Waals surface area contributed by atoms with E-state index in [1.165, 1.54) is 16.9 Å². The molecule has 1 fully saturated rings. The number of unbranched alkanes of at least 4 members (excludes halogenated alkanes) is 1. The molecule has 3 aromatic heterocycles. The van der Waals surface area contributed by atoms with Crippen molar-refractivity contribution in [3.8, 4) is 0 Å². The number of hydrogen-bond donors (Lipinski definition) is 1. The zero-order chi connectivity index (χ0) is 21.8. The number of hydrogen-bond acceptors (Lipinski definition) is 7. The van der Waals surface area contributed by atoms with Gasteiger partial charge in [0, 0.05) is 32.3 Å². The molecule has 164 valence electrons. The molecule has 4 heterocycles. The third kappa shape index (κ3) is 4.38. The molecular formula is C19H21F2N7O3. The molecule has 31 heavy (non-hydrogen) atoms. The van der Waals surface area contributed by atoms with Gasteiger partial charge in [-0.05, 0) is 12.5 Å². The van der Waals surface area contributed by atoms with Gasteiger partial charge in [-0.1, -0.05) is 0 Å². The first-order valence-corrected chi connectivity index (χ1v) is 9.84. The quantitative estimate of drug-likeness (QED) is 0.427. The Balaban J connectivity index is 1.58. The van der Waals surface area contributed by atoms with Gasteiger partial charge in [0.05, 0.1) is 31.3 Å². The molecule has 0 bridgehead atoms. The van der Waals surface area contributed by atoms with Crippen LogP contribution in [0.1, 0.15) is 35.3 Å². The van der Waals surface area contributed by atoms with E-state index in [2.05, 4.69) is 20.5 Å². The van der Waals surface area contributed by atoms with Crippen LogP contribution in [0.2, 0.25) is 0 Å². The molecule has 0 unspecified atom stereocenters. The Morgan fingerprint density at radius 1 is 1.26 bits per heavy atom. The Morgan fingerprint density at radius 3 is 2.81 bits per heavy atom. The Kier molecular flexibility index (Phi) is 6.16. The number of morpholine rings is 1. The van der Waals surface area contributed by atoms with E-state index in [1.807, 2.05) is 4.90 Å². The maximum atomic E-state index is 13.6. The second-order valence-electron chi connectivity index (χ2n) is 6.94. The number of nitrogens with zero attached hydrogens (tertiary/aromatic N) is 6. The maximum absolute atomic E-state index is 13.6. The van der Waals surface area contributed by atoms with Gasteiger partial charge in [0.25, 0.3) is 12.3 Å². The summed E-state index contributed by atoms with van der Waals surface area (Å²) in [4.78, 5) is 29.9. The number of amides is 1. The van der Waals surface area contributed by atoms with Gasteiger partial charge in [0.1, 0.15) is 23.4 Å². The lowest BCUT2D eigenvalue weighted by Gasteiger charge is -2.27. The van der Waals surface area contributed by atoms with Gasteiger partial charge in [0.2, 0.25) is 0 Å². The lowest BCUT2D eigenvalue weighted by Crippen LogP contribution is -2.36. The van der Waals surface area contributed by atoms with Crippen molar-refractivity contribution < 1.29 is 23.1 Å². The summed E-state index contributed by atoms with van der Waals surface area (Å²) in [5.41, 5.74) is -0.0185. The number of carbonyl (C=O) groups is 2. The fourth-order valence-electron chi connectivity index (χ4n) is 3.40. The third-order valence-corrected chi connectivity index (χ3v) is 4.96. The molecule has 0 aliphatic carbocycles. The molecule has 0 radical (unpaired) electrons. The second-order valence-corrected chi connectivity index (χ2v) is 6.94. The van der Waals surface area contributed by atoms with E-state index in [0.717, 1.165) is 11.0 Å². The van der Waals surface area contributed by atoms with E-state index in [0.29, 0.717) is 44.2 Å². The largest absolute Gasteiger partial charge is 0.378 e. The van der Waals surface area contributed by atoms with E-state index in [1.54, 1.807) is 12.3 Å². The Bertz CT molecular complexity index is 1080. The van der Waals surface area contributed by atoms with Crippen LogP contribution in [-0.2, 0) is 16.1 Å². The number of ether oxygens (including phenoxy) is 1. The minimum absolute atomic E-state index is 0.0882. The van der Waals surface area contributed by atoms with Crippen molar-refractivity contribution in [3.05, 3.63) is 35.9 Å². The van der Waals surface area contributed by atoms with Gasteiger partial charge in [-0.15, -0.1) is 0 Å². The molecule has 1 aliphatic rings. The molecule has 0 aromatic carbocycles. The molecule has 0 spiro atoms. The number of alkyl halides is 2. The summed E-state index contributed by atoms with van der Waals surface area (Å²) in [5.74, 6) is 0.0672. The molecule has 4 rings (SSSR count). The van der Waals surface area contributed by atoms with Crippen LogP contribution in [0.4, 0.5) is 20.3 Å². The summed E-state index contributed by atoms with van der Waals surface area (Å²) >= 11 is 0. The number of anilines is 2. The molecule has 1 saturated heterocycles. The lowest BCUT2D eigenvalue weighted by atomic mass is 10.2. The van der Waals surface area contributed by atoms with Crippen LogP contribution in [-0.4, -0.2) is 62.9 Å². The van der Waals surface area contributed by atoms with Crippen LogP contribution in [0, 0.1) is 0 Å². The number of aromatic nitrogens is 5. The van der Waals surface area contributed by atoms with Crippen molar-refractivity contribution >= 4 is 29.3 Å². The lowest BCUT2D eigenvalue weighted by molar-refractivity contribution is -0.108. The van der Waals surface area contributed by atoms with Crippen LogP contribution in [0.3, 0.4) is 0 Å². The van der Waals surface area contributed by atoms with Gasteiger partial charge in [-0.3, -0.25) is 9.48 Å². The maximum Gasteiger partial charge on any atom is 0.282 e. The van der Waals surface area contributed by atoms with Crippen LogP contribution < -0.4 is 10.2 Å². The first kappa shape index (κ1) is 20.8. The first-order chi connectivity index (χ1) is 15.1. The molecule has 12 heteroatoms. The van der Waals surface area contributed by atoms with Crippen LogP contribution in [0.25, 0.3) is 5.65 Å². The number of aryl methyl sites for hydroxylation is 1. The van der Waals surface area contributed by atoms with E-state index < -0.39 is 18.0 Å². The monoisotopic (exact) mass is 433 g/mol. The van der Waals surface area contributed by atoms with Crippen molar-refractivity contribution in [2.45, 2.75) is 25.8 Å². The van der Waals surface area contributed by atoms with Gasteiger partial charge in [-0.25, -0.2) is 18.3 Å². The van der Waals surface area contributed by atoms with Gasteiger partial charge in [0.15, 0.2) is 5.65 Å². The van der Waals surface area contributed by atoms with Crippen LogP contribution in [0.15, 0.2) is 24.7 Å². The van der Waals surface area contributed by atoms with Crippen LogP contribution in [0.5, 0.6) is 0 Å². The molecule has 0 atom stereocenters. The molecule has 1 aliphatic heterocycles. The predicted octanol–water partition coefficient (Wildman–Crippen LogP) is 1.93. The topological polar surface area (TPSA) is 107 Å².